The lowest BCUT2D eigenvalue weighted by Gasteiger charge is -2.13. The van der Waals surface area contributed by atoms with Gasteiger partial charge in [-0.25, -0.2) is 4.98 Å². The lowest BCUT2D eigenvalue weighted by Crippen LogP contribution is -2.25. The van der Waals surface area contributed by atoms with Gasteiger partial charge >= 0.3 is 11.9 Å². The first-order chi connectivity index (χ1) is 7.71. The Hall–Kier alpha value is -1.43. The van der Waals surface area contributed by atoms with Crippen LogP contribution in [0.3, 0.4) is 0 Å². The number of aromatic nitrogens is 1. The zero-order chi connectivity index (χ0) is 13.2. The number of carbonyl (C=O) groups is 2. The molecular weight excluding hydrogens is 242 g/mol. The second-order valence-corrected chi connectivity index (χ2v) is 5.69. The summed E-state index contributed by atoms with van der Waals surface area (Å²) in [4.78, 5) is 25.8. The van der Waals surface area contributed by atoms with Gasteiger partial charge in [0.2, 0.25) is 0 Å². The van der Waals surface area contributed by atoms with Crippen LogP contribution in [0, 0.1) is 5.92 Å². The lowest BCUT2D eigenvalue weighted by atomic mass is 9.98. The van der Waals surface area contributed by atoms with Crippen molar-refractivity contribution in [2.45, 2.75) is 32.6 Å². The maximum Gasteiger partial charge on any atom is 0.318 e. The summed E-state index contributed by atoms with van der Waals surface area (Å²) in [5, 5.41) is 20.1. The third kappa shape index (κ3) is 3.52. The zero-order valence-electron chi connectivity index (χ0n) is 9.93. The first-order valence-electron chi connectivity index (χ1n) is 5.12. The molecule has 0 spiro atoms. The van der Waals surface area contributed by atoms with Crippen LogP contribution < -0.4 is 0 Å². The Morgan fingerprint density at radius 1 is 1.35 bits per heavy atom. The molecule has 94 valence electrons. The minimum absolute atomic E-state index is 0.0722. The molecule has 0 amide bonds. The quantitative estimate of drug-likeness (QED) is 0.803. The summed E-state index contributed by atoms with van der Waals surface area (Å²) in [6.07, 6.45) is -0.0722. The number of nitrogens with zero attached hydrogens (tertiary/aromatic N) is 1. The molecule has 6 heteroatoms. The average molecular weight is 257 g/mol. The summed E-state index contributed by atoms with van der Waals surface area (Å²) in [7, 11) is 0. The summed E-state index contributed by atoms with van der Waals surface area (Å²) in [5.74, 6) is -4.09. The third-order valence-corrected chi connectivity index (χ3v) is 3.52. The molecule has 0 unspecified atom stereocenters. The van der Waals surface area contributed by atoms with Crippen molar-refractivity contribution < 1.29 is 19.8 Å². The van der Waals surface area contributed by atoms with E-state index in [1.807, 2.05) is 20.8 Å². The number of rotatable bonds is 4. The van der Waals surface area contributed by atoms with Crippen LogP contribution in [0.15, 0.2) is 5.38 Å². The number of carboxylic acid groups (broad SMARTS) is 2. The van der Waals surface area contributed by atoms with Gasteiger partial charge < -0.3 is 10.2 Å². The van der Waals surface area contributed by atoms with Crippen LogP contribution in [0.1, 0.15) is 31.5 Å². The van der Waals surface area contributed by atoms with Crippen molar-refractivity contribution in [3.05, 3.63) is 16.1 Å². The summed E-state index contributed by atoms with van der Waals surface area (Å²) < 4.78 is 0. The van der Waals surface area contributed by atoms with Gasteiger partial charge in [0.25, 0.3) is 0 Å². The molecule has 5 nitrogen and oxygen atoms in total. The molecule has 2 N–H and O–H groups in total. The number of hydrogen-bond donors (Lipinski definition) is 2. The Bertz CT molecular complexity index is 419. The van der Waals surface area contributed by atoms with E-state index >= 15 is 0 Å². The molecule has 0 fully saturated rings. The van der Waals surface area contributed by atoms with E-state index < -0.39 is 17.9 Å². The predicted octanol–water partition coefficient (Wildman–Crippen LogP) is 1.77. The van der Waals surface area contributed by atoms with Gasteiger partial charge in [0.15, 0.2) is 5.92 Å². The van der Waals surface area contributed by atoms with E-state index in [-0.39, 0.29) is 11.8 Å². The number of thiazole rings is 1. The zero-order valence-corrected chi connectivity index (χ0v) is 10.7. The van der Waals surface area contributed by atoms with Gasteiger partial charge in [-0.3, -0.25) is 9.59 Å². The van der Waals surface area contributed by atoms with Crippen LogP contribution in [0.25, 0.3) is 0 Å². The summed E-state index contributed by atoms with van der Waals surface area (Å²) in [5.41, 5.74) is 0.417. The van der Waals surface area contributed by atoms with Crippen molar-refractivity contribution in [3.63, 3.8) is 0 Å². The molecule has 0 saturated heterocycles. The molecule has 0 aromatic carbocycles. The fourth-order valence-corrected chi connectivity index (χ4v) is 2.15. The Kier molecular flexibility index (Phi) is 3.87. The van der Waals surface area contributed by atoms with E-state index in [2.05, 4.69) is 4.98 Å². The SMILES string of the molecule is CC(C)(C)c1nc(CC(C(=O)O)C(=O)O)cs1. The van der Waals surface area contributed by atoms with E-state index in [1.54, 1.807) is 5.38 Å². The fraction of sp³-hybridized carbons (Fsp3) is 0.545. The molecule has 0 bridgehead atoms. The van der Waals surface area contributed by atoms with E-state index in [1.165, 1.54) is 11.3 Å². The van der Waals surface area contributed by atoms with Crippen molar-refractivity contribution in [3.8, 4) is 0 Å². The van der Waals surface area contributed by atoms with E-state index in [9.17, 15) is 9.59 Å². The average Bonchev–Trinajstić information content (AvgIpc) is 2.60. The minimum atomic E-state index is -1.43. The molecule has 0 aliphatic heterocycles. The highest BCUT2D eigenvalue weighted by atomic mass is 32.1. The normalized spacial score (nSPS) is 11.8. The van der Waals surface area contributed by atoms with Crippen molar-refractivity contribution >= 4 is 23.3 Å². The van der Waals surface area contributed by atoms with Crippen molar-refractivity contribution in [1.82, 2.24) is 4.98 Å². The van der Waals surface area contributed by atoms with Crippen molar-refractivity contribution in [2.75, 3.05) is 0 Å². The fourth-order valence-electron chi connectivity index (χ4n) is 1.23. The van der Waals surface area contributed by atoms with Gasteiger partial charge in [0.1, 0.15) is 0 Å². The van der Waals surface area contributed by atoms with Crippen LogP contribution >= 0.6 is 11.3 Å². The number of hydrogen-bond acceptors (Lipinski definition) is 4. The van der Waals surface area contributed by atoms with E-state index in [4.69, 9.17) is 10.2 Å². The summed E-state index contributed by atoms with van der Waals surface area (Å²) >= 11 is 1.42. The first kappa shape index (κ1) is 13.6. The summed E-state index contributed by atoms with van der Waals surface area (Å²) in [6, 6.07) is 0. The van der Waals surface area contributed by atoms with Crippen molar-refractivity contribution in [1.29, 1.82) is 0 Å². The molecule has 0 saturated carbocycles. The monoisotopic (exact) mass is 257 g/mol. The van der Waals surface area contributed by atoms with Crippen LogP contribution in [0.4, 0.5) is 0 Å². The molecule has 1 aromatic heterocycles. The van der Waals surface area contributed by atoms with Gasteiger partial charge in [-0.1, -0.05) is 20.8 Å². The van der Waals surface area contributed by atoms with Crippen molar-refractivity contribution in [2.24, 2.45) is 5.92 Å². The number of aliphatic carboxylic acids is 2. The maximum absolute atomic E-state index is 10.7. The highest BCUT2D eigenvalue weighted by molar-refractivity contribution is 7.09. The molecule has 17 heavy (non-hydrogen) atoms. The van der Waals surface area contributed by atoms with E-state index in [0.29, 0.717) is 5.69 Å². The number of carboxylic acids is 2. The second-order valence-electron chi connectivity index (χ2n) is 4.83. The largest absolute Gasteiger partial charge is 0.481 e. The minimum Gasteiger partial charge on any atom is -0.481 e. The van der Waals surface area contributed by atoms with Gasteiger partial charge in [-0.05, 0) is 0 Å². The molecule has 1 heterocycles. The Morgan fingerprint density at radius 3 is 2.24 bits per heavy atom. The van der Waals surface area contributed by atoms with Crippen LogP contribution in [-0.4, -0.2) is 27.1 Å². The highest BCUT2D eigenvalue weighted by Crippen LogP contribution is 2.26. The molecule has 1 rings (SSSR count). The Morgan fingerprint density at radius 2 is 1.88 bits per heavy atom. The van der Waals surface area contributed by atoms with Crippen LogP contribution in [0.2, 0.25) is 0 Å². The van der Waals surface area contributed by atoms with Gasteiger partial charge in [0, 0.05) is 17.2 Å². The molecule has 0 aliphatic rings. The van der Waals surface area contributed by atoms with Gasteiger partial charge in [-0.15, -0.1) is 11.3 Å². The third-order valence-electron chi connectivity index (χ3n) is 2.20. The topological polar surface area (TPSA) is 87.5 Å². The smallest absolute Gasteiger partial charge is 0.318 e. The Labute approximate surface area is 103 Å². The Balaban J connectivity index is 2.85. The predicted molar refractivity (Wildman–Crippen MR) is 63.3 cm³/mol. The van der Waals surface area contributed by atoms with E-state index in [0.717, 1.165) is 5.01 Å². The molecule has 0 radical (unpaired) electrons. The van der Waals surface area contributed by atoms with Gasteiger partial charge in [0.05, 0.1) is 10.7 Å². The maximum atomic E-state index is 10.7. The lowest BCUT2D eigenvalue weighted by molar-refractivity contribution is -0.154. The summed E-state index contributed by atoms with van der Waals surface area (Å²) in [6.45, 7) is 6.00. The van der Waals surface area contributed by atoms with Gasteiger partial charge in [-0.2, -0.15) is 0 Å². The molecule has 0 aliphatic carbocycles. The molecule has 0 atom stereocenters. The van der Waals surface area contributed by atoms with Crippen LogP contribution in [-0.2, 0) is 21.4 Å². The highest BCUT2D eigenvalue weighted by Gasteiger charge is 2.28. The standard InChI is InChI=1S/C11H15NO4S/c1-11(2,3)10-12-6(5-17-10)4-7(8(13)14)9(15)16/h5,7H,4H2,1-3H3,(H,13,14)(H,15,16). The first-order valence-corrected chi connectivity index (χ1v) is 6.00. The second kappa shape index (κ2) is 4.83. The molecular formula is C11H15NO4S. The van der Waals surface area contributed by atoms with Crippen LogP contribution in [0.5, 0.6) is 0 Å². The molecule has 1 aromatic rings.